The van der Waals surface area contributed by atoms with Gasteiger partial charge >= 0.3 is 12.9 Å². The molecule has 0 unspecified atom stereocenters. The van der Waals surface area contributed by atoms with Gasteiger partial charge in [0.2, 0.25) is 0 Å². The van der Waals surface area contributed by atoms with Gasteiger partial charge < -0.3 is 18.9 Å². The van der Waals surface area contributed by atoms with Gasteiger partial charge in [0, 0.05) is 25.6 Å². The molecule has 0 radical (unpaired) electrons. The van der Waals surface area contributed by atoms with Crippen molar-refractivity contribution in [3.05, 3.63) is 22.3 Å². The minimum Gasteiger partial charge on any atom is -0.493 e. The number of rotatable bonds is 8. The number of fused-ring (bicyclic) bond motifs is 1. The Morgan fingerprint density at radius 3 is 2.65 bits per heavy atom. The lowest BCUT2D eigenvalue weighted by atomic mass is 9.59. The van der Waals surface area contributed by atoms with E-state index in [1.807, 2.05) is 6.92 Å². The number of ether oxygens (including phenoxy) is 2. The van der Waals surface area contributed by atoms with E-state index in [-0.39, 0.29) is 13.0 Å². The van der Waals surface area contributed by atoms with Gasteiger partial charge in [0.15, 0.2) is 0 Å². The topological polar surface area (TPSA) is 85.6 Å². The smallest absolute Gasteiger partial charge is 0.404 e. The van der Waals surface area contributed by atoms with Crippen molar-refractivity contribution in [1.29, 1.82) is 5.26 Å². The van der Waals surface area contributed by atoms with Crippen molar-refractivity contribution in [1.82, 2.24) is 0 Å². The Bertz CT molecular complexity index is 767. The van der Waals surface area contributed by atoms with Crippen LogP contribution in [0.1, 0.15) is 27.0 Å². The van der Waals surface area contributed by atoms with E-state index in [2.05, 4.69) is 19.6 Å². The molecule has 1 heterocycles. The third kappa shape index (κ3) is 4.10. The average molecular weight is 373 g/mol. The molecule has 0 amide bonds. The fraction of sp³-hybridized carbons (Fsp3) is 0.500. The molecule has 1 aliphatic rings. The van der Waals surface area contributed by atoms with Crippen molar-refractivity contribution in [2.24, 2.45) is 0 Å². The van der Waals surface area contributed by atoms with Crippen LogP contribution in [0.5, 0.6) is 5.75 Å². The third-order valence-corrected chi connectivity index (χ3v) is 6.26. The molecular weight excluding hydrogens is 349 g/mol. The zero-order valence-corrected chi connectivity index (χ0v) is 17.0. The molecule has 0 saturated carbocycles. The van der Waals surface area contributed by atoms with Crippen LogP contribution in [0.25, 0.3) is 0 Å². The van der Waals surface area contributed by atoms with Crippen molar-refractivity contribution in [3.63, 3.8) is 0 Å². The lowest BCUT2D eigenvalue weighted by Gasteiger charge is -2.22. The van der Waals surface area contributed by atoms with Gasteiger partial charge in [0.05, 0.1) is 6.61 Å². The molecule has 0 fully saturated rings. The first-order valence-electron chi connectivity index (χ1n) is 8.67. The summed E-state index contributed by atoms with van der Waals surface area (Å²) in [6.07, 6.45) is 2.55. The Labute approximate surface area is 155 Å². The number of hydrogen-bond donors (Lipinski definition) is 0. The van der Waals surface area contributed by atoms with Crippen LogP contribution in [0.4, 0.5) is 0 Å². The molecule has 0 atom stereocenters. The average Bonchev–Trinajstić information content (AvgIpc) is 2.92. The fourth-order valence-electron chi connectivity index (χ4n) is 3.19. The highest BCUT2D eigenvalue weighted by Gasteiger charge is 2.35. The first-order chi connectivity index (χ1) is 12.2. The monoisotopic (exact) mass is 373 g/mol. The summed E-state index contributed by atoms with van der Waals surface area (Å²) in [4.78, 5) is 23.6. The number of nitriles is 1. The van der Waals surface area contributed by atoms with Crippen molar-refractivity contribution < 1.29 is 23.7 Å². The maximum Gasteiger partial charge on any atom is 0.404 e. The molecule has 0 spiro atoms. The minimum absolute atomic E-state index is 0.0815. The highest BCUT2D eigenvalue weighted by Crippen LogP contribution is 2.35. The second-order valence-corrected chi connectivity index (χ2v) is 13.3. The molecule has 1 aromatic carbocycles. The normalized spacial score (nSPS) is 12.8. The summed E-state index contributed by atoms with van der Waals surface area (Å²) in [6.45, 7) is 10.4. The number of nitrogens with zero attached hydrogens (tertiary/aromatic N) is 1. The highest BCUT2D eigenvalue weighted by molar-refractivity contribution is 6.76. The van der Waals surface area contributed by atoms with E-state index in [1.54, 1.807) is 13.1 Å². The predicted octanol–water partition coefficient (Wildman–Crippen LogP) is 2.45. The van der Waals surface area contributed by atoms with Gasteiger partial charge in [0.25, 0.3) is 6.26 Å². The molecule has 1 aliphatic heterocycles. The summed E-state index contributed by atoms with van der Waals surface area (Å²) in [5, 5.41) is 8.90. The SMILES string of the molecule is CB(OC#N)c1c(C)c2c(c(OCC[Si](C)(C)C)c1CC=O)C(=O)OC2. The highest BCUT2D eigenvalue weighted by atomic mass is 28.3. The van der Waals surface area contributed by atoms with E-state index >= 15 is 0 Å². The van der Waals surface area contributed by atoms with E-state index in [9.17, 15) is 9.59 Å². The van der Waals surface area contributed by atoms with Crippen molar-refractivity contribution in [2.45, 2.75) is 52.5 Å². The predicted molar refractivity (Wildman–Crippen MR) is 102 cm³/mol. The maximum absolute atomic E-state index is 12.3. The molecule has 26 heavy (non-hydrogen) atoms. The Kier molecular flexibility index (Phi) is 6.14. The minimum atomic E-state index is -1.33. The molecule has 8 heteroatoms. The van der Waals surface area contributed by atoms with Crippen molar-refractivity contribution in [3.8, 4) is 12.0 Å². The molecule has 0 saturated heterocycles. The van der Waals surface area contributed by atoms with E-state index < -0.39 is 21.0 Å². The first kappa shape index (κ1) is 20.0. The summed E-state index contributed by atoms with van der Waals surface area (Å²) in [6, 6.07) is 0.921. The molecule has 0 aliphatic carbocycles. The van der Waals surface area contributed by atoms with Crippen LogP contribution in [-0.2, 0) is 27.2 Å². The Hall–Kier alpha value is -2.27. The van der Waals surface area contributed by atoms with Gasteiger partial charge in [-0.2, -0.15) is 5.26 Å². The van der Waals surface area contributed by atoms with Crippen LogP contribution in [0, 0.1) is 18.4 Å². The summed E-state index contributed by atoms with van der Waals surface area (Å²) in [5.74, 6) is -0.0273. The second kappa shape index (κ2) is 7.96. The molecule has 2 rings (SSSR count). The van der Waals surface area contributed by atoms with Crippen LogP contribution >= 0.6 is 0 Å². The van der Waals surface area contributed by atoms with Gasteiger partial charge in [0.1, 0.15) is 24.2 Å². The number of esters is 1. The van der Waals surface area contributed by atoms with E-state index in [0.717, 1.165) is 28.9 Å². The molecule has 1 aromatic rings. The zero-order valence-electron chi connectivity index (χ0n) is 16.0. The van der Waals surface area contributed by atoms with Crippen molar-refractivity contribution >= 4 is 32.7 Å². The number of cyclic esters (lactones) is 1. The standard InChI is InChI=1S/C18H24BNO5Si/c1-12-14-10-24-18(22)15(14)17(23-8-9-26(3,4)5)13(6-7-21)16(12)19(2)25-11-20/h7H,6,8-10H2,1-5H3. The Morgan fingerprint density at radius 2 is 2.08 bits per heavy atom. The third-order valence-electron chi connectivity index (χ3n) is 4.56. The van der Waals surface area contributed by atoms with Gasteiger partial charge in [-0.15, -0.1) is 0 Å². The first-order valence-corrected chi connectivity index (χ1v) is 12.4. The van der Waals surface area contributed by atoms with Gasteiger partial charge in [-0.3, -0.25) is 0 Å². The Balaban J connectivity index is 2.60. The molecular formula is C18H24BNO5Si. The Morgan fingerprint density at radius 1 is 1.38 bits per heavy atom. The molecule has 6 nitrogen and oxygen atoms in total. The van der Waals surface area contributed by atoms with Gasteiger partial charge in [-0.1, -0.05) is 19.6 Å². The number of hydrogen-bond acceptors (Lipinski definition) is 6. The quantitative estimate of drug-likeness (QED) is 0.301. The van der Waals surface area contributed by atoms with Crippen LogP contribution < -0.4 is 10.2 Å². The van der Waals surface area contributed by atoms with Crippen LogP contribution in [0.3, 0.4) is 0 Å². The summed E-state index contributed by atoms with van der Waals surface area (Å²) < 4.78 is 16.4. The van der Waals surface area contributed by atoms with Gasteiger partial charge in [-0.25, -0.2) is 4.79 Å². The summed E-state index contributed by atoms with van der Waals surface area (Å²) >= 11 is 0. The molecule has 0 aromatic heterocycles. The van der Waals surface area contributed by atoms with Crippen LogP contribution in [0.2, 0.25) is 32.5 Å². The van der Waals surface area contributed by atoms with Crippen LogP contribution in [0.15, 0.2) is 0 Å². The molecule has 0 bridgehead atoms. The van der Waals surface area contributed by atoms with E-state index in [0.29, 0.717) is 23.5 Å². The molecule has 0 N–H and O–H groups in total. The number of benzene rings is 1. The fourth-order valence-corrected chi connectivity index (χ4v) is 3.90. The maximum atomic E-state index is 12.3. The van der Waals surface area contributed by atoms with E-state index in [4.69, 9.17) is 19.4 Å². The molecule has 138 valence electrons. The van der Waals surface area contributed by atoms with Crippen molar-refractivity contribution in [2.75, 3.05) is 6.61 Å². The summed E-state index contributed by atoms with van der Waals surface area (Å²) in [7, 11) is -1.33. The number of carbonyl (C=O) groups excluding carboxylic acids is 2. The zero-order chi connectivity index (χ0) is 19.5. The van der Waals surface area contributed by atoms with Crippen LogP contribution in [-0.4, -0.2) is 33.9 Å². The van der Waals surface area contributed by atoms with Gasteiger partial charge in [-0.05, 0) is 30.8 Å². The lowest BCUT2D eigenvalue weighted by molar-refractivity contribution is -0.107. The lowest BCUT2D eigenvalue weighted by Crippen LogP contribution is -2.36. The number of aldehydes is 1. The largest absolute Gasteiger partial charge is 0.493 e. The second-order valence-electron chi connectivity index (χ2n) is 7.66. The number of carbonyl (C=O) groups is 2. The van der Waals surface area contributed by atoms with E-state index in [1.165, 1.54) is 0 Å². The summed E-state index contributed by atoms with van der Waals surface area (Å²) in [5.41, 5.74) is 3.29.